The van der Waals surface area contributed by atoms with Crippen molar-refractivity contribution in [1.29, 1.82) is 0 Å². The maximum atomic E-state index is 11.8. The van der Waals surface area contributed by atoms with Crippen LogP contribution in [-0.4, -0.2) is 61.9 Å². The molecule has 1 aliphatic rings. The summed E-state index contributed by atoms with van der Waals surface area (Å²) in [6.45, 7) is 5.25. The maximum Gasteiger partial charge on any atom is 0.239 e. The number of carbonyl (C=O) groups is 1. The lowest BCUT2D eigenvalue weighted by molar-refractivity contribution is -0.117. The molecule has 0 bridgehead atoms. The molecular weight excluding hydrogens is 248 g/mol. The van der Waals surface area contributed by atoms with Crippen LogP contribution in [0, 0.1) is 6.92 Å². The summed E-state index contributed by atoms with van der Waals surface area (Å²) in [7, 11) is 1.89. The van der Waals surface area contributed by atoms with Gasteiger partial charge in [-0.1, -0.05) is 5.16 Å². The normalized spacial score (nSPS) is 19.6. The van der Waals surface area contributed by atoms with E-state index >= 15 is 0 Å². The van der Waals surface area contributed by atoms with Gasteiger partial charge in [0.2, 0.25) is 5.91 Å². The number of rotatable bonds is 5. The van der Waals surface area contributed by atoms with E-state index in [1.807, 2.05) is 11.9 Å². The molecule has 2 rings (SSSR count). The van der Waals surface area contributed by atoms with Crippen molar-refractivity contribution < 1.29 is 14.1 Å². The van der Waals surface area contributed by atoms with Gasteiger partial charge in [0.05, 0.1) is 19.3 Å². The number of hydrogen-bond donors (Lipinski definition) is 2. The third kappa shape index (κ3) is 4.62. The number of ether oxygens (including phenoxy) is 1. The summed E-state index contributed by atoms with van der Waals surface area (Å²) in [5, 5.41) is 9.67. The molecule has 0 aromatic carbocycles. The number of anilines is 1. The minimum Gasteiger partial charge on any atom is -0.374 e. The van der Waals surface area contributed by atoms with Gasteiger partial charge in [0.1, 0.15) is 5.76 Å². The molecule has 0 aliphatic carbocycles. The molecule has 1 atom stereocenters. The first-order chi connectivity index (χ1) is 9.13. The van der Waals surface area contributed by atoms with E-state index in [1.54, 1.807) is 13.0 Å². The van der Waals surface area contributed by atoms with E-state index in [0.29, 0.717) is 18.1 Å². The molecular formula is C12H20N4O3. The lowest BCUT2D eigenvalue weighted by atomic mass is 10.3. The second kappa shape index (κ2) is 6.65. The van der Waals surface area contributed by atoms with E-state index in [9.17, 15) is 4.79 Å². The molecule has 19 heavy (non-hydrogen) atoms. The fraction of sp³-hybridized carbons (Fsp3) is 0.667. The van der Waals surface area contributed by atoms with Gasteiger partial charge >= 0.3 is 0 Å². The van der Waals surface area contributed by atoms with Crippen molar-refractivity contribution in [3.63, 3.8) is 0 Å². The average Bonchev–Trinajstić information content (AvgIpc) is 2.75. The molecule has 1 fully saturated rings. The second-order valence-electron chi connectivity index (χ2n) is 4.76. The highest BCUT2D eigenvalue weighted by Gasteiger charge is 2.17. The molecule has 0 saturated carbocycles. The molecule has 2 heterocycles. The number of nitrogens with zero attached hydrogens (tertiary/aromatic N) is 2. The van der Waals surface area contributed by atoms with Crippen LogP contribution in [-0.2, 0) is 9.53 Å². The van der Waals surface area contributed by atoms with Gasteiger partial charge in [-0.05, 0) is 14.0 Å². The summed E-state index contributed by atoms with van der Waals surface area (Å²) < 4.78 is 10.5. The number of aryl methyl sites for hydroxylation is 1. The molecule has 1 saturated heterocycles. The lowest BCUT2D eigenvalue weighted by Gasteiger charge is -2.27. The predicted molar refractivity (Wildman–Crippen MR) is 70.0 cm³/mol. The second-order valence-corrected chi connectivity index (χ2v) is 4.76. The predicted octanol–water partition coefficient (Wildman–Crippen LogP) is -0.158. The van der Waals surface area contributed by atoms with Crippen LogP contribution in [0.25, 0.3) is 0 Å². The quantitative estimate of drug-likeness (QED) is 0.772. The summed E-state index contributed by atoms with van der Waals surface area (Å²) in [6, 6.07) is 1.69. The molecule has 1 unspecified atom stereocenters. The lowest BCUT2D eigenvalue weighted by Crippen LogP contribution is -2.45. The van der Waals surface area contributed by atoms with Crippen molar-refractivity contribution in [2.75, 3.05) is 45.2 Å². The van der Waals surface area contributed by atoms with Crippen molar-refractivity contribution in [2.24, 2.45) is 0 Å². The Kier molecular flexibility index (Phi) is 4.89. The maximum absolute atomic E-state index is 11.8. The van der Waals surface area contributed by atoms with Crippen LogP contribution < -0.4 is 10.6 Å². The molecule has 0 radical (unpaired) electrons. The Morgan fingerprint density at radius 2 is 2.53 bits per heavy atom. The van der Waals surface area contributed by atoms with Crippen molar-refractivity contribution in [1.82, 2.24) is 15.4 Å². The van der Waals surface area contributed by atoms with Crippen LogP contribution in [0.5, 0.6) is 0 Å². The van der Waals surface area contributed by atoms with Gasteiger partial charge in [0.15, 0.2) is 5.82 Å². The first-order valence-electron chi connectivity index (χ1n) is 6.37. The number of likely N-dealkylation sites (N-methyl/N-ethyl adjacent to an activating group) is 1. The number of amides is 1. The van der Waals surface area contributed by atoms with Crippen LogP contribution in [0.3, 0.4) is 0 Å². The first-order valence-corrected chi connectivity index (χ1v) is 6.37. The largest absolute Gasteiger partial charge is 0.374 e. The molecule has 0 spiro atoms. The zero-order chi connectivity index (χ0) is 13.7. The Morgan fingerprint density at radius 1 is 1.68 bits per heavy atom. The number of carbonyl (C=O) groups excluding carboxylic acids is 1. The SMILES string of the molecule is Cc1cc(NC(=O)CN(C)CC2CNCCO2)no1. The van der Waals surface area contributed by atoms with E-state index in [-0.39, 0.29) is 12.0 Å². The minimum absolute atomic E-state index is 0.112. The van der Waals surface area contributed by atoms with Gasteiger partial charge in [0.25, 0.3) is 0 Å². The molecule has 1 aromatic heterocycles. The zero-order valence-corrected chi connectivity index (χ0v) is 11.3. The van der Waals surface area contributed by atoms with Crippen LogP contribution >= 0.6 is 0 Å². The van der Waals surface area contributed by atoms with Crippen LogP contribution in [0.15, 0.2) is 10.6 Å². The van der Waals surface area contributed by atoms with Crippen molar-refractivity contribution in [3.8, 4) is 0 Å². The van der Waals surface area contributed by atoms with Crippen LogP contribution in [0.4, 0.5) is 5.82 Å². The molecule has 106 valence electrons. The summed E-state index contributed by atoms with van der Waals surface area (Å²) >= 11 is 0. The highest BCUT2D eigenvalue weighted by atomic mass is 16.5. The van der Waals surface area contributed by atoms with E-state index in [1.165, 1.54) is 0 Å². The van der Waals surface area contributed by atoms with Crippen molar-refractivity contribution >= 4 is 11.7 Å². The Morgan fingerprint density at radius 3 is 3.16 bits per heavy atom. The van der Waals surface area contributed by atoms with Gasteiger partial charge in [-0.3, -0.25) is 9.69 Å². The Balaban J connectivity index is 1.71. The summed E-state index contributed by atoms with van der Waals surface area (Å²) in [5.41, 5.74) is 0. The first kappa shape index (κ1) is 14.0. The third-order valence-corrected chi connectivity index (χ3v) is 2.83. The average molecular weight is 268 g/mol. The molecule has 7 heteroatoms. The van der Waals surface area contributed by atoms with Gasteiger partial charge in [-0.15, -0.1) is 0 Å². The summed E-state index contributed by atoms with van der Waals surface area (Å²) in [6.07, 6.45) is 0.140. The van der Waals surface area contributed by atoms with Gasteiger partial charge in [0, 0.05) is 25.7 Å². The van der Waals surface area contributed by atoms with Crippen LogP contribution in [0.2, 0.25) is 0 Å². The Bertz CT molecular complexity index is 415. The number of morpholine rings is 1. The highest BCUT2D eigenvalue weighted by molar-refractivity contribution is 5.91. The smallest absolute Gasteiger partial charge is 0.239 e. The van der Waals surface area contributed by atoms with Gasteiger partial charge in [-0.25, -0.2) is 0 Å². The van der Waals surface area contributed by atoms with Gasteiger partial charge in [-0.2, -0.15) is 0 Å². The number of hydrogen-bond acceptors (Lipinski definition) is 6. The third-order valence-electron chi connectivity index (χ3n) is 2.83. The number of nitrogens with one attached hydrogen (secondary N) is 2. The van der Waals surface area contributed by atoms with E-state index in [0.717, 1.165) is 26.2 Å². The Hall–Kier alpha value is -1.44. The number of aromatic nitrogens is 1. The standard InChI is InChI=1S/C12H20N4O3/c1-9-5-11(15-19-9)14-12(17)8-16(2)7-10-6-13-3-4-18-10/h5,10,13H,3-4,6-8H2,1-2H3,(H,14,15,17). The fourth-order valence-corrected chi connectivity index (χ4v) is 2.00. The highest BCUT2D eigenvalue weighted by Crippen LogP contribution is 2.07. The molecule has 7 nitrogen and oxygen atoms in total. The monoisotopic (exact) mass is 268 g/mol. The Labute approximate surface area is 112 Å². The summed E-state index contributed by atoms with van der Waals surface area (Å²) in [5.74, 6) is 1.01. The van der Waals surface area contributed by atoms with Crippen molar-refractivity contribution in [3.05, 3.63) is 11.8 Å². The van der Waals surface area contributed by atoms with Crippen LogP contribution in [0.1, 0.15) is 5.76 Å². The van der Waals surface area contributed by atoms with Crippen molar-refractivity contribution in [2.45, 2.75) is 13.0 Å². The molecule has 1 aromatic rings. The van der Waals surface area contributed by atoms with E-state index < -0.39 is 0 Å². The summed E-state index contributed by atoms with van der Waals surface area (Å²) in [4.78, 5) is 13.7. The van der Waals surface area contributed by atoms with E-state index in [4.69, 9.17) is 9.26 Å². The molecule has 1 amide bonds. The van der Waals surface area contributed by atoms with E-state index in [2.05, 4.69) is 15.8 Å². The topological polar surface area (TPSA) is 79.6 Å². The van der Waals surface area contributed by atoms with Gasteiger partial charge < -0.3 is 19.9 Å². The zero-order valence-electron chi connectivity index (χ0n) is 11.3. The fourth-order valence-electron chi connectivity index (χ4n) is 2.00. The molecule has 2 N–H and O–H groups in total. The minimum atomic E-state index is -0.112. The molecule has 1 aliphatic heterocycles.